The fourth-order valence-corrected chi connectivity index (χ4v) is 1.60. The summed E-state index contributed by atoms with van der Waals surface area (Å²) in [7, 11) is 0. The molecule has 2 heteroatoms. The summed E-state index contributed by atoms with van der Waals surface area (Å²) in [5.41, 5.74) is 0. The van der Waals surface area contributed by atoms with Crippen LogP contribution in [-0.4, -0.2) is 17.5 Å². The molecule has 1 aliphatic rings. The van der Waals surface area contributed by atoms with Gasteiger partial charge in [-0.15, -0.1) is 6.58 Å². The second kappa shape index (κ2) is 3.37. The first kappa shape index (κ1) is 8.75. The van der Waals surface area contributed by atoms with Gasteiger partial charge in [0.25, 0.3) is 0 Å². The van der Waals surface area contributed by atoms with Crippen LogP contribution in [0, 0.1) is 11.8 Å². The van der Waals surface area contributed by atoms with Crippen LogP contribution >= 0.6 is 0 Å². The van der Waals surface area contributed by atoms with Crippen molar-refractivity contribution in [2.45, 2.75) is 32.7 Å². The molecule has 1 rings (SSSR count). The summed E-state index contributed by atoms with van der Waals surface area (Å²) in [6.45, 7) is 7.86. The van der Waals surface area contributed by atoms with Crippen LogP contribution in [0.3, 0.4) is 0 Å². The molecule has 0 aromatic rings. The molecule has 2 nitrogen and oxygen atoms in total. The van der Waals surface area contributed by atoms with E-state index in [0.29, 0.717) is 11.8 Å². The van der Waals surface area contributed by atoms with Gasteiger partial charge in [0.05, 0.1) is 6.10 Å². The molecule has 0 aromatic heterocycles. The van der Waals surface area contributed by atoms with Gasteiger partial charge in [-0.2, -0.15) is 0 Å². The Morgan fingerprint density at radius 1 is 1.73 bits per heavy atom. The van der Waals surface area contributed by atoms with Gasteiger partial charge in [0.1, 0.15) is 0 Å². The summed E-state index contributed by atoms with van der Waals surface area (Å²) in [5.74, 6) is 0.778. The van der Waals surface area contributed by atoms with Crippen LogP contribution < -0.4 is 0 Å². The Morgan fingerprint density at radius 3 is 2.73 bits per heavy atom. The maximum Gasteiger partial charge on any atom is 0.155 e. The van der Waals surface area contributed by atoms with Gasteiger partial charge in [0.15, 0.2) is 6.29 Å². The van der Waals surface area contributed by atoms with E-state index in [1.54, 1.807) is 0 Å². The highest BCUT2D eigenvalue weighted by Gasteiger charge is 2.33. The third kappa shape index (κ3) is 1.82. The van der Waals surface area contributed by atoms with Crippen LogP contribution in [0.4, 0.5) is 0 Å². The van der Waals surface area contributed by atoms with Crippen molar-refractivity contribution in [2.24, 2.45) is 11.8 Å². The number of rotatable bonds is 2. The molecule has 1 saturated heterocycles. The van der Waals surface area contributed by atoms with Gasteiger partial charge in [-0.1, -0.05) is 19.9 Å². The van der Waals surface area contributed by atoms with Crippen molar-refractivity contribution in [2.75, 3.05) is 0 Å². The van der Waals surface area contributed by atoms with Gasteiger partial charge in [-0.25, -0.2) is 0 Å². The molecule has 64 valence electrons. The van der Waals surface area contributed by atoms with Crippen LogP contribution in [0.2, 0.25) is 0 Å². The van der Waals surface area contributed by atoms with Crippen molar-refractivity contribution in [1.29, 1.82) is 0 Å². The fraction of sp³-hybridized carbons (Fsp3) is 0.778. The molecule has 0 aromatic carbocycles. The SMILES string of the molecule is C=C[C@H](C)[C@@H]1OC(O)C[C@@H]1C. The summed E-state index contributed by atoms with van der Waals surface area (Å²) >= 11 is 0. The van der Waals surface area contributed by atoms with Gasteiger partial charge < -0.3 is 9.84 Å². The van der Waals surface area contributed by atoms with Crippen molar-refractivity contribution in [3.63, 3.8) is 0 Å². The summed E-state index contributed by atoms with van der Waals surface area (Å²) in [4.78, 5) is 0. The van der Waals surface area contributed by atoms with Crippen molar-refractivity contribution in [3.8, 4) is 0 Å². The maximum atomic E-state index is 9.16. The Labute approximate surface area is 67.9 Å². The average molecular weight is 156 g/mol. The first-order valence-electron chi connectivity index (χ1n) is 4.11. The van der Waals surface area contributed by atoms with Crippen molar-refractivity contribution < 1.29 is 9.84 Å². The average Bonchev–Trinajstić information content (AvgIpc) is 2.28. The van der Waals surface area contributed by atoms with Gasteiger partial charge >= 0.3 is 0 Å². The largest absolute Gasteiger partial charge is 0.368 e. The molecule has 0 spiro atoms. The predicted molar refractivity (Wildman–Crippen MR) is 44.0 cm³/mol. The van der Waals surface area contributed by atoms with Crippen LogP contribution in [0.1, 0.15) is 20.3 Å². The summed E-state index contributed by atoms with van der Waals surface area (Å²) in [6.07, 6.45) is 2.22. The Morgan fingerprint density at radius 2 is 2.36 bits per heavy atom. The number of aliphatic hydroxyl groups is 1. The van der Waals surface area contributed by atoms with E-state index < -0.39 is 6.29 Å². The number of hydrogen-bond donors (Lipinski definition) is 1. The monoisotopic (exact) mass is 156 g/mol. The quantitative estimate of drug-likeness (QED) is 0.615. The van der Waals surface area contributed by atoms with Gasteiger partial charge in [-0.05, 0) is 5.92 Å². The van der Waals surface area contributed by atoms with Crippen LogP contribution in [-0.2, 0) is 4.74 Å². The van der Waals surface area contributed by atoms with E-state index in [1.165, 1.54) is 0 Å². The summed E-state index contributed by atoms with van der Waals surface area (Å²) in [6, 6.07) is 0. The van der Waals surface area contributed by atoms with E-state index in [9.17, 15) is 0 Å². The van der Waals surface area contributed by atoms with E-state index >= 15 is 0 Å². The lowest BCUT2D eigenvalue weighted by Crippen LogP contribution is -2.21. The minimum Gasteiger partial charge on any atom is -0.368 e. The molecular weight excluding hydrogens is 140 g/mol. The van der Waals surface area contributed by atoms with Crippen LogP contribution in [0.15, 0.2) is 12.7 Å². The Bertz CT molecular complexity index is 144. The lowest BCUT2D eigenvalue weighted by atomic mass is 9.93. The topological polar surface area (TPSA) is 29.5 Å². The molecule has 0 saturated carbocycles. The third-order valence-electron chi connectivity index (χ3n) is 2.34. The fourth-order valence-electron chi connectivity index (χ4n) is 1.60. The zero-order valence-corrected chi connectivity index (χ0v) is 7.16. The lowest BCUT2D eigenvalue weighted by molar-refractivity contribution is -0.100. The van der Waals surface area contributed by atoms with Crippen LogP contribution in [0.5, 0.6) is 0 Å². The van der Waals surface area contributed by atoms with Crippen LogP contribution in [0.25, 0.3) is 0 Å². The second-order valence-electron chi connectivity index (χ2n) is 3.36. The molecule has 1 N–H and O–H groups in total. The zero-order chi connectivity index (χ0) is 8.43. The normalized spacial score (nSPS) is 40.5. The first-order valence-corrected chi connectivity index (χ1v) is 4.11. The highest BCUT2D eigenvalue weighted by molar-refractivity contribution is 4.88. The summed E-state index contributed by atoms with van der Waals surface area (Å²) < 4.78 is 5.31. The number of hydrogen-bond acceptors (Lipinski definition) is 2. The Kier molecular flexibility index (Phi) is 2.68. The zero-order valence-electron chi connectivity index (χ0n) is 7.16. The smallest absolute Gasteiger partial charge is 0.155 e. The van der Waals surface area contributed by atoms with E-state index in [0.717, 1.165) is 6.42 Å². The third-order valence-corrected chi connectivity index (χ3v) is 2.34. The molecular formula is C9H16O2. The van der Waals surface area contributed by atoms with Gasteiger partial charge in [0, 0.05) is 12.3 Å². The number of ether oxygens (including phenoxy) is 1. The molecule has 1 fully saturated rings. The lowest BCUT2D eigenvalue weighted by Gasteiger charge is -2.18. The van der Waals surface area contributed by atoms with Crippen molar-refractivity contribution >= 4 is 0 Å². The molecule has 1 unspecified atom stereocenters. The van der Waals surface area contributed by atoms with E-state index in [1.807, 2.05) is 6.08 Å². The molecule has 11 heavy (non-hydrogen) atoms. The van der Waals surface area contributed by atoms with Gasteiger partial charge in [-0.3, -0.25) is 0 Å². The van der Waals surface area contributed by atoms with Crippen molar-refractivity contribution in [1.82, 2.24) is 0 Å². The maximum absolute atomic E-state index is 9.16. The van der Waals surface area contributed by atoms with Gasteiger partial charge in [0.2, 0.25) is 0 Å². The molecule has 0 amide bonds. The molecule has 1 heterocycles. The molecule has 4 atom stereocenters. The minimum absolute atomic E-state index is 0.155. The minimum atomic E-state index is -0.558. The highest BCUT2D eigenvalue weighted by atomic mass is 16.6. The number of aliphatic hydroxyl groups excluding tert-OH is 1. The molecule has 0 aliphatic carbocycles. The van der Waals surface area contributed by atoms with E-state index in [2.05, 4.69) is 20.4 Å². The summed E-state index contributed by atoms with van der Waals surface area (Å²) in [5, 5.41) is 9.16. The standard InChI is InChI=1S/C9H16O2/c1-4-6(2)9-7(3)5-8(10)11-9/h4,6-10H,1,5H2,2-3H3/t6-,7-,8?,9-/m0/s1. The predicted octanol–water partition coefficient (Wildman–Crippen LogP) is 1.55. The first-order chi connectivity index (χ1) is 5.15. The molecule has 1 aliphatic heterocycles. The van der Waals surface area contributed by atoms with E-state index in [-0.39, 0.29) is 6.10 Å². The van der Waals surface area contributed by atoms with E-state index in [4.69, 9.17) is 9.84 Å². The Hall–Kier alpha value is -0.340. The molecule has 0 radical (unpaired) electrons. The van der Waals surface area contributed by atoms with Crippen molar-refractivity contribution in [3.05, 3.63) is 12.7 Å². The second-order valence-corrected chi connectivity index (χ2v) is 3.36. The Balaban J connectivity index is 2.52. The highest BCUT2D eigenvalue weighted by Crippen LogP contribution is 2.29. The molecule has 0 bridgehead atoms.